The van der Waals surface area contributed by atoms with E-state index in [1.54, 1.807) is 6.20 Å². The van der Waals surface area contributed by atoms with E-state index in [4.69, 9.17) is 4.74 Å². The average molecular weight is 312 g/mol. The Morgan fingerprint density at radius 2 is 2.09 bits per heavy atom. The molecular weight excluding hydrogens is 288 g/mol. The average Bonchev–Trinajstić information content (AvgIpc) is 2.59. The maximum Gasteiger partial charge on any atom is 0.270 e. The molecule has 2 aromatic rings. The number of fused-ring (bicyclic) bond motifs is 1. The fourth-order valence-electron chi connectivity index (χ4n) is 3.29. The lowest BCUT2D eigenvalue weighted by atomic mass is 9.88. The van der Waals surface area contributed by atoms with E-state index in [1.165, 1.54) is 19.3 Å². The van der Waals surface area contributed by atoms with Crippen LogP contribution < -0.4 is 5.32 Å². The van der Waals surface area contributed by atoms with E-state index in [-0.39, 0.29) is 5.91 Å². The van der Waals surface area contributed by atoms with E-state index in [1.807, 2.05) is 30.3 Å². The molecule has 4 nitrogen and oxygen atoms in total. The third-order valence-corrected chi connectivity index (χ3v) is 4.64. The lowest BCUT2D eigenvalue weighted by Gasteiger charge is -2.28. The second-order valence-corrected chi connectivity index (χ2v) is 6.31. The van der Waals surface area contributed by atoms with E-state index in [0.717, 1.165) is 17.2 Å². The molecule has 0 spiro atoms. The number of benzene rings is 1. The Balaban J connectivity index is 1.53. The lowest BCUT2D eigenvalue weighted by Crippen LogP contribution is -2.32. The molecule has 4 heteroatoms. The summed E-state index contributed by atoms with van der Waals surface area (Å²) in [6.45, 7) is 3.33. The Labute approximate surface area is 137 Å². The van der Waals surface area contributed by atoms with Crippen LogP contribution in [0, 0.1) is 5.92 Å². The Morgan fingerprint density at radius 1 is 1.26 bits per heavy atom. The van der Waals surface area contributed by atoms with Gasteiger partial charge in [0.1, 0.15) is 5.69 Å². The normalized spacial score (nSPS) is 21.3. The van der Waals surface area contributed by atoms with Crippen molar-refractivity contribution >= 4 is 16.7 Å². The van der Waals surface area contributed by atoms with E-state index >= 15 is 0 Å². The summed E-state index contributed by atoms with van der Waals surface area (Å²) >= 11 is 0. The van der Waals surface area contributed by atoms with Crippen LogP contribution in [0.1, 0.15) is 43.1 Å². The highest BCUT2D eigenvalue weighted by molar-refractivity contribution is 6.05. The highest BCUT2D eigenvalue weighted by Crippen LogP contribution is 2.26. The van der Waals surface area contributed by atoms with E-state index in [0.29, 0.717) is 30.9 Å². The summed E-state index contributed by atoms with van der Waals surface area (Å²) in [7, 11) is 0. The van der Waals surface area contributed by atoms with Crippen LogP contribution in [-0.4, -0.2) is 30.1 Å². The van der Waals surface area contributed by atoms with Gasteiger partial charge in [-0.2, -0.15) is 0 Å². The van der Waals surface area contributed by atoms with Crippen molar-refractivity contribution in [3.63, 3.8) is 0 Å². The number of hydrogen-bond donors (Lipinski definition) is 1. The molecule has 2 atom stereocenters. The van der Waals surface area contributed by atoms with Crippen LogP contribution in [0.5, 0.6) is 0 Å². The van der Waals surface area contributed by atoms with Gasteiger partial charge in [-0.15, -0.1) is 0 Å². The predicted molar refractivity (Wildman–Crippen MR) is 91.4 cm³/mol. The van der Waals surface area contributed by atoms with Crippen LogP contribution in [-0.2, 0) is 4.74 Å². The molecule has 1 aromatic heterocycles. The van der Waals surface area contributed by atoms with Gasteiger partial charge in [-0.25, -0.2) is 0 Å². The van der Waals surface area contributed by atoms with Crippen molar-refractivity contribution in [2.75, 3.05) is 13.2 Å². The monoisotopic (exact) mass is 312 g/mol. The minimum atomic E-state index is -0.137. The highest BCUT2D eigenvalue weighted by atomic mass is 16.5. The zero-order valence-corrected chi connectivity index (χ0v) is 13.6. The Kier molecular flexibility index (Phi) is 5.23. The second-order valence-electron chi connectivity index (χ2n) is 6.31. The Morgan fingerprint density at radius 3 is 2.96 bits per heavy atom. The molecule has 1 N–H and O–H groups in total. The molecule has 1 heterocycles. The van der Waals surface area contributed by atoms with E-state index in [2.05, 4.69) is 17.2 Å². The number of pyridine rings is 1. The van der Waals surface area contributed by atoms with Gasteiger partial charge in [0.2, 0.25) is 0 Å². The first-order valence-corrected chi connectivity index (χ1v) is 8.49. The van der Waals surface area contributed by atoms with Gasteiger partial charge in [-0.3, -0.25) is 9.78 Å². The molecule has 0 radical (unpaired) electrons. The standard InChI is InChI=1S/C19H24N2O2/c1-14-6-2-5-9-17(14)23-13-12-21-19(22)18-16-8-4-3-7-15(16)10-11-20-18/h3-4,7-8,10-11,14,17H,2,5-6,9,12-13H2,1H3,(H,21,22)/t14-,17-/m1/s1. The van der Waals surface area contributed by atoms with Crippen LogP contribution in [0.3, 0.4) is 0 Å². The number of amides is 1. The van der Waals surface area contributed by atoms with E-state index < -0.39 is 0 Å². The predicted octanol–water partition coefficient (Wildman–Crippen LogP) is 3.56. The Hall–Kier alpha value is -1.94. The second kappa shape index (κ2) is 7.55. The van der Waals surface area contributed by atoms with Crippen LogP contribution in [0.15, 0.2) is 36.5 Å². The summed E-state index contributed by atoms with van der Waals surface area (Å²) in [6, 6.07) is 9.72. The fraction of sp³-hybridized carbons (Fsp3) is 0.474. The van der Waals surface area contributed by atoms with Crippen LogP contribution in [0.4, 0.5) is 0 Å². The molecule has 0 aliphatic heterocycles. The maximum absolute atomic E-state index is 12.3. The minimum Gasteiger partial charge on any atom is -0.376 e. The Bertz CT molecular complexity index is 666. The van der Waals surface area contributed by atoms with Crippen LogP contribution in [0.25, 0.3) is 10.8 Å². The van der Waals surface area contributed by atoms with Gasteiger partial charge in [0.05, 0.1) is 12.7 Å². The van der Waals surface area contributed by atoms with E-state index in [9.17, 15) is 4.79 Å². The maximum atomic E-state index is 12.3. The van der Waals surface area contributed by atoms with Crippen molar-refractivity contribution in [2.45, 2.75) is 38.7 Å². The number of ether oxygens (including phenoxy) is 1. The molecular formula is C19H24N2O2. The SMILES string of the molecule is C[C@@H]1CCCC[C@H]1OCCNC(=O)c1nccc2ccccc12. The molecule has 0 unspecified atom stereocenters. The van der Waals surface area contributed by atoms with Gasteiger partial charge in [-0.1, -0.05) is 44.0 Å². The molecule has 1 aliphatic rings. The first kappa shape index (κ1) is 15.9. The van der Waals surface area contributed by atoms with Gasteiger partial charge in [-0.05, 0) is 30.2 Å². The van der Waals surface area contributed by atoms with Gasteiger partial charge in [0.15, 0.2) is 0 Å². The number of carbonyl (C=O) groups is 1. The van der Waals surface area contributed by atoms with Crippen LogP contribution >= 0.6 is 0 Å². The van der Waals surface area contributed by atoms with Gasteiger partial charge in [0.25, 0.3) is 5.91 Å². The summed E-state index contributed by atoms with van der Waals surface area (Å²) in [4.78, 5) is 16.6. The summed E-state index contributed by atoms with van der Waals surface area (Å²) < 4.78 is 5.93. The van der Waals surface area contributed by atoms with Gasteiger partial charge in [0, 0.05) is 18.1 Å². The van der Waals surface area contributed by atoms with Crippen molar-refractivity contribution in [2.24, 2.45) is 5.92 Å². The summed E-state index contributed by atoms with van der Waals surface area (Å²) in [6.07, 6.45) is 6.97. The third-order valence-electron chi connectivity index (χ3n) is 4.64. The molecule has 23 heavy (non-hydrogen) atoms. The van der Waals surface area contributed by atoms with Crippen molar-refractivity contribution in [3.05, 3.63) is 42.2 Å². The smallest absolute Gasteiger partial charge is 0.270 e. The van der Waals surface area contributed by atoms with Gasteiger partial charge < -0.3 is 10.1 Å². The van der Waals surface area contributed by atoms with Crippen molar-refractivity contribution in [1.29, 1.82) is 0 Å². The van der Waals surface area contributed by atoms with Gasteiger partial charge >= 0.3 is 0 Å². The molecule has 1 amide bonds. The molecule has 3 rings (SSSR count). The molecule has 1 aromatic carbocycles. The first-order valence-electron chi connectivity index (χ1n) is 8.49. The zero-order chi connectivity index (χ0) is 16.1. The largest absolute Gasteiger partial charge is 0.376 e. The summed E-state index contributed by atoms with van der Waals surface area (Å²) in [5.74, 6) is 0.487. The number of aromatic nitrogens is 1. The topological polar surface area (TPSA) is 51.2 Å². The zero-order valence-electron chi connectivity index (χ0n) is 13.6. The van der Waals surface area contributed by atoms with Crippen LogP contribution in [0.2, 0.25) is 0 Å². The third kappa shape index (κ3) is 3.88. The first-order chi connectivity index (χ1) is 11.3. The molecule has 0 bridgehead atoms. The number of hydrogen-bond acceptors (Lipinski definition) is 3. The summed E-state index contributed by atoms with van der Waals surface area (Å²) in [5, 5.41) is 4.83. The quantitative estimate of drug-likeness (QED) is 0.859. The van der Waals surface area contributed by atoms with Crippen molar-refractivity contribution in [3.8, 4) is 0 Å². The van der Waals surface area contributed by atoms with Crippen molar-refractivity contribution < 1.29 is 9.53 Å². The number of carbonyl (C=O) groups excluding carboxylic acids is 1. The minimum absolute atomic E-state index is 0.137. The highest BCUT2D eigenvalue weighted by Gasteiger charge is 2.21. The lowest BCUT2D eigenvalue weighted by molar-refractivity contribution is -0.00294. The molecule has 122 valence electrons. The number of rotatable bonds is 5. The fourth-order valence-corrected chi connectivity index (χ4v) is 3.29. The molecule has 1 aliphatic carbocycles. The van der Waals surface area contributed by atoms with Crippen molar-refractivity contribution in [1.82, 2.24) is 10.3 Å². The number of nitrogens with one attached hydrogen (secondary N) is 1. The molecule has 0 saturated heterocycles. The molecule has 1 fully saturated rings. The molecule has 1 saturated carbocycles. The number of nitrogens with zero attached hydrogens (tertiary/aromatic N) is 1. The summed E-state index contributed by atoms with van der Waals surface area (Å²) in [5.41, 5.74) is 0.481.